The van der Waals surface area contributed by atoms with Crippen molar-refractivity contribution in [2.24, 2.45) is 17.4 Å². The van der Waals surface area contributed by atoms with Crippen LogP contribution in [-0.2, 0) is 114 Å². The lowest BCUT2D eigenvalue weighted by atomic mass is 10.0. The number of thioether (sulfide) groups is 1. The van der Waals surface area contributed by atoms with Crippen LogP contribution in [-0.4, -0.2) is 357 Å². The number of aliphatic hydroxyl groups is 4. The number of nitrogens with two attached hydrogens (primary N) is 2. The van der Waals surface area contributed by atoms with Crippen LogP contribution in [0.3, 0.4) is 0 Å². The fourth-order valence-corrected chi connectivity index (χ4v) is 16.2. The number of rotatable bonds is 51. The average Bonchev–Trinajstić information content (AvgIpc) is 1.70. The van der Waals surface area contributed by atoms with E-state index < -0.39 is 292 Å². The number of aromatic amines is 1. The highest BCUT2D eigenvalue weighted by Gasteiger charge is 2.46. The van der Waals surface area contributed by atoms with E-state index in [1.807, 2.05) is 6.26 Å². The Labute approximate surface area is 760 Å². The molecule has 0 saturated carbocycles. The number of fused-ring (bicyclic) bond motifs is 1. The van der Waals surface area contributed by atoms with E-state index in [2.05, 4.69) is 68.8 Å². The van der Waals surface area contributed by atoms with Crippen molar-refractivity contribution in [3.05, 3.63) is 71.9 Å². The predicted molar refractivity (Wildman–Crippen MR) is 462 cm³/mol. The Morgan fingerprint density at radius 1 is 0.447 bits per heavy atom. The second-order valence-electron chi connectivity index (χ2n) is 32.8. The molecule has 0 aliphatic carbocycles. The average molecular weight is 1880 g/mol. The first-order valence-corrected chi connectivity index (χ1v) is 44.3. The van der Waals surface area contributed by atoms with Crippen LogP contribution in [0.15, 0.2) is 60.8 Å². The maximum atomic E-state index is 14.6. The summed E-state index contributed by atoms with van der Waals surface area (Å²) in [6, 6.07) is -11.9. The highest BCUT2D eigenvalue weighted by molar-refractivity contribution is 7.98. The van der Waals surface area contributed by atoms with Gasteiger partial charge in [0.25, 0.3) is 0 Å². The van der Waals surface area contributed by atoms with Crippen LogP contribution in [0.25, 0.3) is 10.9 Å². The maximum absolute atomic E-state index is 14.6. The minimum absolute atomic E-state index is 0.0112. The topological polar surface area (TPSA) is 745 Å². The molecule has 0 spiro atoms. The molecule has 7 rings (SSSR count). The number of likely N-dealkylation sites (tertiary alicyclic amines) is 4. The molecule has 48 nitrogen and oxygen atoms in total. The third-order valence-corrected chi connectivity index (χ3v) is 23.2. The van der Waals surface area contributed by atoms with Crippen molar-refractivity contribution in [1.82, 2.24) is 88.4 Å². The largest absolute Gasteiger partial charge is 0.481 e. The van der Waals surface area contributed by atoms with Gasteiger partial charge in [0.15, 0.2) is 0 Å². The highest BCUT2D eigenvalue weighted by Crippen LogP contribution is 2.26. The molecule has 17 atom stereocenters. The Balaban J connectivity index is 0.976. The van der Waals surface area contributed by atoms with Gasteiger partial charge >= 0.3 is 23.9 Å². The summed E-state index contributed by atoms with van der Waals surface area (Å²) >= 11 is 1.49. The number of aliphatic carboxylic acids is 4. The number of primary amides is 1. The van der Waals surface area contributed by atoms with E-state index in [0.717, 1.165) is 21.6 Å². The van der Waals surface area contributed by atoms with Gasteiger partial charge in [0.1, 0.15) is 90.6 Å². The van der Waals surface area contributed by atoms with Crippen LogP contribution in [0.4, 0.5) is 0 Å². The minimum atomic E-state index is -2.08. The number of hydrogen-bond acceptors (Lipinski definition) is 27. The summed E-state index contributed by atoms with van der Waals surface area (Å²) < 4.78 is 0. The van der Waals surface area contributed by atoms with Crippen LogP contribution in [0.1, 0.15) is 128 Å². The van der Waals surface area contributed by atoms with Crippen molar-refractivity contribution in [3.63, 3.8) is 0 Å². The van der Waals surface area contributed by atoms with E-state index in [9.17, 15) is 142 Å². The smallest absolute Gasteiger partial charge is 0.326 e. The van der Waals surface area contributed by atoms with E-state index in [4.69, 9.17) is 11.5 Å². The fraction of sp³-hybridized carbons (Fsp3) is 0.578. The van der Waals surface area contributed by atoms with Gasteiger partial charge < -0.3 is 141 Å². The number of H-pyrrole nitrogens is 1. The summed E-state index contributed by atoms with van der Waals surface area (Å²) in [5.41, 5.74) is 12.6. The molecule has 25 N–H and O–H groups in total. The van der Waals surface area contributed by atoms with E-state index in [1.54, 1.807) is 68.4 Å². The van der Waals surface area contributed by atoms with Crippen LogP contribution >= 0.6 is 11.8 Å². The van der Waals surface area contributed by atoms with Gasteiger partial charge in [-0.05, 0) is 113 Å². The summed E-state index contributed by atoms with van der Waals surface area (Å²) in [5.74, 6) is -24.3. The number of carboxylic acids is 4. The number of carboxylic acid groups (broad SMARTS) is 4. The Bertz CT molecular complexity index is 4690. The summed E-state index contributed by atoms with van der Waals surface area (Å²) in [5, 5.41) is 111. The summed E-state index contributed by atoms with van der Waals surface area (Å²) in [7, 11) is 0. The quantitative estimate of drug-likeness (QED) is 0.0250. The van der Waals surface area contributed by atoms with Crippen LogP contribution < -0.4 is 75.3 Å². The number of para-hydroxylation sites is 1. The van der Waals surface area contributed by atoms with Gasteiger partial charge in [-0.15, -0.1) is 0 Å². The monoisotopic (exact) mass is 1880 g/mol. The van der Waals surface area contributed by atoms with Crippen molar-refractivity contribution in [2.45, 2.75) is 233 Å². The van der Waals surface area contributed by atoms with Gasteiger partial charge in [0, 0.05) is 62.5 Å². The van der Waals surface area contributed by atoms with Crippen molar-refractivity contribution >= 4 is 147 Å². The lowest BCUT2D eigenvalue weighted by molar-refractivity contribution is -0.147. The minimum Gasteiger partial charge on any atom is -0.481 e. The van der Waals surface area contributed by atoms with E-state index in [0.29, 0.717) is 40.6 Å². The van der Waals surface area contributed by atoms with Crippen LogP contribution in [0.2, 0.25) is 0 Å². The Kier molecular flexibility index (Phi) is 41.0. The first-order valence-electron chi connectivity index (χ1n) is 42.9. The Morgan fingerprint density at radius 3 is 1.34 bits per heavy atom. The predicted octanol–water partition coefficient (Wildman–Crippen LogP) is -8.38. The molecule has 4 saturated heterocycles. The molecule has 1 aromatic heterocycles. The molecule has 4 aliphatic rings. The summed E-state index contributed by atoms with van der Waals surface area (Å²) in [6.07, 6.45) is -2.32. The number of benzene rings is 2. The summed E-state index contributed by atoms with van der Waals surface area (Å²) in [4.78, 5) is 292. The van der Waals surface area contributed by atoms with Gasteiger partial charge in [-0.3, -0.25) is 95.9 Å². The van der Waals surface area contributed by atoms with E-state index in [-0.39, 0.29) is 89.9 Å². The molecule has 4 aliphatic heterocycles. The highest BCUT2D eigenvalue weighted by atomic mass is 32.2. The van der Waals surface area contributed by atoms with Crippen molar-refractivity contribution in [2.75, 3.05) is 64.6 Å². The van der Waals surface area contributed by atoms with Gasteiger partial charge in [-0.25, -0.2) is 4.79 Å². The maximum Gasteiger partial charge on any atom is 0.326 e. The van der Waals surface area contributed by atoms with Crippen LogP contribution in [0.5, 0.6) is 0 Å². The zero-order valence-corrected chi connectivity index (χ0v) is 73.9. The van der Waals surface area contributed by atoms with Gasteiger partial charge in [0.2, 0.25) is 100 Å². The molecule has 0 radical (unpaired) electrons. The first kappa shape index (κ1) is 106. The fourth-order valence-electron chi connectivity index (χ4n) is 15.8. The molecule has 132 heavy (non-hydrogen) atoms. The molecular weight excluding hydrogens is 1760 g/mol. The number of nitrogens with one attached hydrogen (secondary N) is 13. The number of amides is 17. The van der Waals surface area contributed by atoms with Crippen molar-refractivity contribution in [1.29, 1.82) is 0 Å². The Hall–Kier alpha value is -13.0. The van der Waals surface area contributed by atoms with Crippen molar-refractivity contribution < 1.29 is 142 Å². The number of carbonyl (C=O) groups is 21. The zero-order valence-electron chi connectivity index (χ0n) is 73.1. The number of nitrogens with zero attached hydrogens (tertiary/aromatic N) is 4. The molecule has 2 aromatic carbocycles. The van der Waals surface area contributed by atoms with E-state index in [1.165, 1.54) is 22.9 Å². The second-order valence-corrected chi connectivity index (χ2v) is 33.8. The number of aliphatic hydroxyl groups excluding tert-OH is 4. The van der Waals surface area contributed by atoms with Crippen LogP contribution in [0, 0.1) is 5.92 Å². The molecule has 4 fully saturated rings. The second kappa shape index (κ2) is 51.0. The van der Waals surface area contributed by atoms with Gasteiger partial charge in [0.05, 0.1) is 57.8 Å². The molecular formula is C83H117N19O29S. The number of hydrogen-bond donors (Lipinski definition) is 23. The lowest BCUT2D eigenvalue weighted by Gasteiger charge is -2.30. The zero-order chi connectivity index (χ0) is 97.5. The normalized spacial score (nSPS) is 18.8. The Morgan fingerprint density at radius 2 is 0.848 bits per heavy atom. The van der Waals surface area contributed by atoms with Gasteiger partial charge in [-0.2, -0.15) is 11.8 Å². The molecule has 0 unspecified atom stereocenters. The third-order valence-electron chi connectivity index (χ3n) is 22.5. The van der Waals surface area contributed by atoms with Gasteiger partial charge in [-0.1, -0.05) is 62.4 Å². The standard InChI is InChI=1S/C83H117N19O29S/c1-41(2)30-49(93-76(123)59-19-11-25-99(59)79(126)46(84)24-29-132-4)68(115)92-52(33-64(109)110)70(117)90-50(31-43-14-6-5-7-15-43)69(116)97-57(40-105)82(129)100-26-10-18-58(100)74(121)87-37-63(108)88-53(34-65(111)112)80(127)101-27-13-21-61(101)77(124)95-55(38-103)72(119)91-51(32-44-36-86-47-17-9-8-16-45(44)47)71(118)98-67(42(3)106)78(125)96-56(39-104)73(120)94-54(35-66(113)114)81(128)102-28-12-20-60(102)75(122)89-48(83(130)131)22-23-62(85)107/h5-9,14-17,36,41-42,46,48-61,67,86,103-106H,10-13,18-35,37-40,84H2,1-4H3,(H2,85,107)(H,87,121)(H,88,108)(H,89,122)(H,90,117)(H,91,119)(H,92,115)(H,93,123)(H,94,120)(H,95,124)(H,96,125)(H,97,116)(H,98,118)(H,109,110)(H,111,112)(H,113,114)(H,130,131)/t42-,46+,48+,49+,50+,51+,52+,53+,54+,55+,56+,57+,58+,59+,60+,61+,67+/m1/s1. The summed E-state index contributed by atoms with van der Waals surface area (Å²) in [6.45, 7) is -0.426. The van der Waals surface area contributed by atoms with E-state index >= 15 is 0 Å². The number of carbonyl (C=O) groups excluding carboxylic acids is 17. The molecule has 3 aromatic rings. The van der Waals surface area contributed by atoms with Crippen molar-refractivity contribution in [3.8, 4) is 0 Å². The molecule has 49 heteroatoms. The SMILES string of the molecule is CSCC[C@H](N)C(=O)N1CCC[C@H]1C(=O)N[C@@H](CC(C)C)C(=O)N[C@@H](CC(=O)O)C(=O)N[C@@H](Cc1ccccc1)C(=O)N[C@@H](CO)C(=O)N1CCC[C@H]1C(=O)NCC(=O)N[C@@H](CC(=O)O)C(=O)N1CCC[C@H]1C(=O)N[C@@H](CO)C(=O)N[C@@H](Cc1c[nH]c2ccccc12)C(=O)N[C@H](C(=O)N[C@@H](CO)C(=O)N[C@@H](CC(=O)O)C(=O)N1CCC[C@H]1C(=O)N[C@@H](CCC(N)=O)C(=O)O)[C@@H](C)O. The first-order chi connectivity index (χ1) is 62.6. The number of aromatic nitrogens is 1. The lowest BCUT2D eigenvalue weighted by Crippen LogP contribution is -2.63. The molecule has 724 valence electrons. The third kappa shape index (κ3) is 30.6. The molecule has 0 bridgehead atoms. The molecule has 17 amide bonds. The molecule has 5 heterocycles.